The number of carboxylic acid groups (broad SMARTS) is 1. The molecule has 0 aromatic heterocycles. The van der Waals surface area contributed by atoms with Gasteiger partial charge in [-0.3, -0.25) is 14.9 Å². The summed E-state index contributed by atoms with van der Waals surface area (Å²) in [5, 5.41) is 24.2. The summed E-state index contributed by atoms with van der Waals surface area (Å²) in [5.74, 6) is -2.30. The largest absolute Gasteiger partial charge is 0.480 e. The number of amides is 1. The first-order valence-electron chi connectivity index (χ1n) is 6.59. The van der Waals surface area contributed by atoms with Crippen molar-refractivity contribution in [2.45, 2.75) is 25.3 Å². The van der Waals surface area contributed by atoms with Crippen molar-refractivity contribution in [1.29, 1.82) is 0 Å². The summed E-state index contributed by atoms with van der Waals surface area (Å²) >= 11 is 0. The molecule has 10 heteroatoms. The molecular weight excluding hydrogens is 316 g/mol. The number of aliphatic carboxylic acids is 1. The molecule has 1 amide bonds. The summed E-state index contributed by atoms with van der Waals surface area (Å²) in [6.45, 7) is -0.0162. The van der Waals surface area contributed by atoms with Crippen molar-refractivity contribution in [1.82, 2.24) is 5.32 Å². The van der Waals surface area contributed by atoms with Crippen LogP contribution >= 0.6 is 0 Å². The number of rotatable bonds is 9. The van der Waals surface area contributed by atoms with Crippen LogP contribution in [0.25, 0.3) is 0 Å². The zero-order valence-corrected chi connectivity index (χ0v) is 11.9. The van der Waals surface area contributed by atoms with Crippen LogP contribution < -0.4 is 10.6 Å². The van der Waals surface area contributed by atoms with Gasteiger partial charge in [0, 0.05) is 25.5 Å². The SMILES string of the molecule is O=C(CCNc1ccccc1[N+](=O)[O-])NC(CC(F)F)C(=O)O. The summed E-state index contributed by atoms with van der Waals surface area (Å²) in [4.78, 5) is 32.5. The predicted octanol–water partition coefficient (Wildman–Crippen LogP) is 1.62. The average Bonchev–Trinajstić information content (AvgIpc) is 2.46. The highest BCUT2D eigenvalue weighted by Gasteiger charge is 2.23. The maximum Gasteiger partial charge on any atom is 0.326 e. The molecule has 1 aromatic carbocycles. The zero-order valence-electron chi connectivity index (χ0n) is 11.9. The molecule has 1 rings (SSSR count). The second-order valence-corrected chi connectivity index (χ2v) is 4.54. The van der Waals surface area contributed by atoms with Gasteiger partial charge < -0.3 is 15.7 Å². The van der Waals surface area contributed by atoms with Crippen molar-refractivity contribution in [2.24, 2.45) is 0 Å². The molecule has 1 atom stereocenters. The Morgan fingerprint density at radius 1 is 1.30 bits per heavy atom. The highest BCUT2D eigenvalue weighted by molar-refractivity contribution is 5.83. The van der Waals surface area contributed by atoms with E-state index in [1.54, 1.807) is 6.07 Å². The molecule has 1 unspecified atom stereocenters. The van der Waals surface area contributed by atoms with Crippen LogP contribution in [-0.2, 0) is 9.59 Å². The number of alkyl halides is 2. The molecular formula is C13H15F2N3O5. The highest BCUT2D eigenvalue weighted by Crippen LogP contribution is 2.22. The lowest BCUT2D eigenvalue weighted by molar-refractivity contribution is -0.384. The standard InChI is InChI=1S/C13H15F2N3O5/c14-11(15)7-9(13(20)21)17-12(19)5-6-16-8-3-1-2-4-10(8)18(22)23/h1-4,9,11,16H,5-7H2,(H,17,19)(H,20,21). The number of carbonyl (C=O) groups is 2. The van der Waals surface area contributed by atoms with Crippen LogP contribution in [0.1, 0.15) is 12.8 Å². The average molecular weight is 331 g/mol. The van der Waals surface area contributed by atoms with Crippen molar-refractivity contribution in [3.8, 4) is 0 Å². The first-order valence-corrected chi connectivity index (χ1v) is 6.59. The number of hydrogen-bond donors (Lipinski definition) is 3. The van der Waals surface area contributed by atoms with Gasteiger partial charge in [-0.1, -0.05) is 12.1 Å². The number of para-hydroxylation sites is 2. The minimum atomic E-state index is -2.86. The van der Waals surface area contributed by atoms with E-state index in [1.807, 2.05) is 5.32 Å². The molecule has 8 nitrogen and oxygen atoms in total. The third-order valence-electron chi connectivity index (χ3n) is 2.82. The summed E-state index contributed by atoms with van der Waals surface area (Å²) in [6, 6.07) is 4.11. The van der Waals surface area contributed by atoms with Crippen LogP contribution in [0.5, 0.6) is 0 Å². The van der Waals surface area contributed by atoms with Gasteiger partial charge in [-0.25, -0.2) is 13.6 Å². The molecule has 0 spiro atoms. The Kier molecular flexibility index (Phi) is 6.84. The predicted molar refractivity (Wildman–Crippen MR) is 76.4 cm³/mol. The molecule has 0 aliphatic heterocycles. The third-order valence-corrected chi connectivity index (χ3v) is 2.82. The molecule has 23 heavy (non-hydrogen) atoms. The number of carboxylic acids is 1. The molecule has 0 bridgehead atoms. The van der Waals surface area contributed by atoms with Gasteiger partial charge in [0.25, 0.3) is 5.69 Å². The van der Waals surface area contributed by atoms with E-state index in [4.69, 9.17) is 5.11 Å². The molecule has 0 radical (unpaired) electrons. The molecule has 0 heterocycles. The van der Waals surface area contributed by atoms with Gasteiger partial charge >= 0.3 is 5.97 Å². The molecule has 0 aliphatic rings. The molecule has 0 aliphatic carbocycles. The van der Waals surface area contributed by atoms with E-state index >= 15 is 0 Å². The Labute approximate surface area is 129 Å². The lowest BCUT2D eigenvalue weighted by Crippen LogP contribution is -2.42. The van der Waals surface area contributed by atoms with Crippen molar-refractivity contribution >= 4 is 23.3 Å². The lowest BCUT2D eigenvalue weighted by Gasteiger charge is -2.14. The van der Waals surface area contributed by atoms with Gasteiger partial charge in [0.05, 0.1) is 4.92 Å². The van der Waals surface area contributed by atoms with Crippen LogP contribution in [0, 0.1) is 10.1 Å². The van der Waals surface area contributed by atoms with Crippen LogP contribution in [-0.4, -0.2) is 40.9 Å². The van der Waals surface area contributed by atoms with Gasteiger partial charge in [-0.15, -0.1) is 0 Å². The Morgan fingerprint density at radius 2 is 1.96 bits per heavy atom. The number of nitro groups is 1. The Hall–Kier alpha value is -2.78. The molecule has 3 N–H and O–H groups in total. The van der Waals surface area contributed by atoms with E-state index in [0.29, 0.717) is 0 Å². The summed E-state index contributed by atoms with van der Waals surface area (Å²) in [6.07, 6.45) is -4.07. The maximum absolute atomic E-state index is 12.2. The van der Waals surface area contributed by atoms with Crippen LogP contribution in [0.15, 0.2) is 24.3 Å². The molecule has 1 aromatic rings. The van der Waals surface area contributed by atoms with Gasteiger partial charge in [-0.05, 0) is 6.07 Å². The monoisotopic (exact) mass is 331 g/mol. The third kappa shape index (κ3) is 6.24. The molecule has 126 valence electrons. The van der Waals surface area contributed by atoms with E-state index < -0.39 is 35.7 Å². The minimum Gasteiger partial charge on any atom is -0.480 e. The second kappa shape index (κ2) is 8.61. The second-order valence-electron chi connectivity index (χ2n) is 4.54. The summed E-state index contributed by atoms with van der Waals surface area (Å²) in [7, 11) is 0. The van der Waals surface area contributed by atoms with Crippen LogP contribution in [0.4, 0.5) is 20.2 Å². The van der Waals surface area contributed by atoms with Crippen molar-refractivity contribution in [2.75, 3.05) is 11.9 Å². The van der Waals surface area contributed by atoms with E-state index in [-0.39, 0.29) is 24.3 Å². The quantitative estimate of drug-likeness (QED) is 0.467. The molecule has 0 saturated heterocycles. The van der Waals surface area contributed by atoms with Crippen LogP contribution in [0.2, 0.25) is 0 Å². The smallest absolute Gasteiger partial charge is 0.326 e. The maximum atomic E-state index is 12.2. The number of halogens is 2. The number of nitrogens with zero attached hydrogens (tertiary/aromatic N) is 1. The van der Waals surface area contributed by atoms with Gasteiger partial charge in [0.1, 0.15) is 11.7 Å². The van der Waals surface area contributed by atoms with Crippen LogP contribution in [0.3, 0.4) is 0 Å². The van der Waals surface area contributed by atoms with E-state index in [9.17, 15) is 28.5 Å². The minimum absolute atomic E-state index is 0.0162. The van der Waals surface area contributed by atoms with Gasteiger partial charge in [0.2, 0.25) is 12.3 Å². The first-order chi connectivity index (χ1) is 10.8. The van der Waals surface area contributed by atoms with E-state index in [2.05, 4.69) is 5.32 Å². The van der Waals surface area contributed by atoms with Gasteiger partial charge in [-0.2, -0.15) is 0 Å². The fraction of sp³-hybridized carbons (Fsp3) is 0.385. The van der Waals surface area contributed by atoms with Gasteiger partial charge in [0.15, 0.2) is 0 Å². The number of hydrogen-bond acceptors (Lipinski definition) is 5. The normalized spacial score (nSPS) is 11.8. The molecule has 0 saturated carbocycles. The summed E-state index contributed by atoms with van der Waals surface area (Å²) < 4.78 is 24.4. The number of nitro benzene ring substituents is 1. The first kappa shape index (κ1) is 18.3. The van der Waals surface area contributed by atoms with Crippen molar-refractivity contribution in [3.05, 3.63) is 34.4 Å². The van der Waals surface area contributed by atoms with E-state index in [1.165, 1.54) is 18.2 Å². The van der Waals surface area contributed by atoms with Crippen molar-refractivity contribution < 1.29 is 28.4 Å². The van der Waals surface area contributed by atoms with Crippen molar-refractivity contribution in [3.63, 3.8) is 0 Å². The Morgan fingerprint density at radius 3 is 2.52 bits per heavy atom. The summed E-state index contributed by atoms with van der Waals surface area (Å²) in [5.41, 5.74) is 0.0293. The number of carbonyl (C=O) groups excluding carboxylic acids is 1. The molecule has 0 fully saturated rings. The lowest BCUT2D eigenvalue weighted by atomic mass is 10.2. The van der Waals surface area contributed by atoms with E-state index in [0.717, 1.165) is 0 Å². The number of anilines is 1. The fourth-order valence-electron chi connectivity index (χ4n) is 1.76. The zero-order chi connectivity index (χ0) is 17.4. The Bertz CT molecular complexity index is 582. The fourth-order valence-corrected chi connectivity index (χ4v) is 1.76. The Balaban J connectivity index is 2.51. The number of benzene rings is 1. The highest BCUT2D eigenvalue weighted by atomic mass is 19.3. The topological polar surface area (TPSA) is 122 Å². The number of nitrogens with one attached hydrogen (secondary N) is 2.